The number of nitrogens with zero attached hydrogens (tertiary/aromatic N) is 2. The summed E-state index contributed by atoms with van der Waals surface area (Å²) in [5.74, 6) is 1.01. The van der Waals surface area contributed by atoms with Crippen LogP contribution in [0.2, 0.25) is 0 Å². The van der Waals surface area contributed by atoms with Crippen molar-refractivity contribution in [2.75, 3.05) is 20.2 Å². The van der Waals surface area contributed by atoms with Gasteiger partial charge >= 0.3 is 0 Å². The van der Waals surface area contributed by atoms with Gasteiger partial charge in [0.15, 0.2) is 0 Å². The zero-order chi connectivity index (χ0) is 10.5. The van der Waals surface area contributed by atoms with Crippen molar-refractivity contribution in [1.82, 2.24) is 15.3 Å². The minimum atomic E-state index is 0.195. The summed E-state index contributed by atoms with van der Waals surface area (Å²) in [7, 11) is 1.57. The second-order valence-electron chi connectivity index (χ2n) is 3.49. The van der Waals surface area contributed by atoms with Crippen molar-refractivity contribution < 1.29 is 9.47 Å². The van der Waals surface area contributed by atoms with Gasteiger partial charge in [-0.25, -0.2) is 0 Å². The molecule has 15 heavy (non-hydrogen) atoms. The molecule has 1 aliphatic rings. The molecule has 0 saturated carbocycles. The zero-order valence-corrected chi connectivity index (χ0v) is 8.77. The zero-order valence-electron chi connectivity index (χ0n) is 8.77. The van der Waals surface area contributed by atoms with Gasteiger partial charge in [0.05, 0.1) is 19.5 Å². The number of ether oxygens (including phenoxy) is 2. The SMILES string of the molecule is COc1cncc(OC2CCCNC2)n1. The monoisotopic (exact) mass is 209 g/mol. The molecule has 1 saturated heterocycles. The predicted molar refractivity (Wildman–Crippen MR) is 55.1 cm³/mol. The maximum absolute atomic E-state index is 5.68. The Morgan fingerprint density at radius 1 is 1.40 bits per heavy atom. The molecule has 82 valence electrons. The molecule has 1 fully saturated rings. The van der Waals surface area contributed by atoms with Crippen molar-refractivity contribution >= 4 is 0 Å². The molecule has 5 heteroatoms. The number of rotatable bonds is 3. The van der Waals surface area contributed by atoms with Crippen LogP contribution in [0.3, 0.4) is 0 Å². The first kappa shape index (κ1) is 10.2. The van der Waals surface area contributed by atoms with Gasteiger partial charge < -0.3 is 14.8 Å². The van der Waals surface area contributed by atoms with Crippen LogP contribution in [0.25, 0.3) is 0 Å². The summed E-state index contributed by atoms with van der Waals surface area (Å²) in [5.41, 5.74) is 0. The van der Waals surface area contributed by atoms with E-state index in [0.29, 0.717) is 11.8 Å². The Balaban J connectivity index is 1.96. The van der Waals surface area contributed by atoms with Gasteiger partial charge in [0.1, 0.15) is 6.10 Å². The van der Waals surface area contributed by atoms with Crippen LogP contribution >= 0.6 is 0 Å². The molecule has 1 aromatic rings. The Morgan fingerprint density at radius 2 is 2.27 bits per heavy atom. The fraction of sp³-hybridized carbons (Fsp3) is 0.600. The van der Waals surface area contributed by atoms with E-state index in [1.807, 2.05) is 0 Å². The lowest BCUT2D eigenvalue weighted by Gasteiger charge is -2.23. The molecular weight excluding hydrogens is 194 g/mol. The van der Waals surface area contributed by atoms with Crippen LogP contribution in [0.15, 0.2) is 12.4 Å². The van der Waals surface area contributed by atoms with Crippen LogP contribution in [-0.2, 0) is 0 Å². The molecule has 1 N–H and O–H groups in total. The topological polar surface area (TPSA) is 56.3 Å². The van der Waals surface area contributed by atoms with Gasteiger partial charge in [-0.3, -0.25) is 4.98 Å². The van der Waals surface area contributed by atoms with Crippen molar-refractivity contribution in [3.8, 4) is 11.8 Å². The normalized spacial score (nSPS) is 21.0. The van der Waals surface area contributed by atoms with Crippen molar-refractivity contribution in [2.45, 2.75) is 18.9 Å². The lowest BCUT2D eigenvalue weighted by Crippen LogP contribution is -2.37. The number of hydrogen-bond acceptors (Lipinski definition) is 5. The number of aromatic nitrogens is 2. The maximum atomic E-state index is 5.68. The van der Waals surface area contributed by atoms with Crippen LogP contribution in [0.4, 0.5) is 0 Å². The highest BCUT2D eigenvalue weighted by Gasteiger charge is 2.15. The number of piperidine rings is 1. The van der Waals surface area contributed by atoms with Crippen LogP contribution in [0.5, 0.6) is 11.8 Å². The molecule has 0 aliphatic carbocycles. The lowest BCUT2D eigenvalue weighted by molar-refractivity contribution is 0.158. The summed E-state index contributed by atoms with van der Waals surface area (Å²) in [6.45, 7) is 1.95. The predicted octanol–water partition coefficient (Wildman–Crippen LogP) is 0.616. The molecule has 5 nitrogen and oxygen atoms in total. The molecule has 0 bridgehead atoms. The summed E-state index contributed by atoms with van der Waals surface area (Å²) in [4.78, 5) is 8.14. The van der Waals surface area contributed by atoms with Crippen LogP contribution < -0.4 is 14.8 Å². The highest BCUT2D eigenvalue weighted by atomic mass is 16.5. The molecule has 0 aromatic carbocycles. The average molecular weight is 209 g/mol. The van der Waals surface area contributed by atoms with E-state index in [-0.39, 0.29) is 6.10 Å². The third-order valence-electron chi connectivity index (χ3n) is 2.34. The van der Waals surface area contributed by atoms with E-state index in [9.17, 15) is 0 Å². The molecule has 0 spiro atoms. The molecule has 1 aromatic heterocycles. The molecule has 1 aliphatic heterocycles. The summed E-state index contributed by atoms with van der Waals surface area (Å²) in [6, 6.07) is 0. The first-order valence-corrected chi connectivity index (χ1v) is 5.12. The van der Waals surface area contributed by atoms with E-state index < -0.39 is 0 Å². The number of hydrogen-bond donors (Lipinski definition) is 1. The van der Waals surface area contributed by atoms with Gasteiger partial charge in [0.25, 0.3) is 0 Å². The van der Waals surface area contributed by atoms with E-state index in [1.54, 1.807) is 19.5 Å². The Hall–Kier alpha value is -1.36. The first-order valence-electron chi connectivity index (χ1n) is 5.12. The van der Waals surface area contributed by atoms with E-state index >= 15 is 0 Å². The first-order chi connectivity index (χ1) is 7.38. The second kappa shape index (κ2) is 4.93. The van der Waals surface area contributed by atoms with E-state index in [1.165, 1.54) is 0 Å². The highest BCUT2D eigenvalue weighted by molar-refractivity contribution is 5.12. The Labute approximate surface area is 88.8 Å². The van der Waals surface area contributed by atoms with Gasteiger partial charge in [0.2, 0.25) is 11.8 Å². The smallest absolute Gasteiger partial charge is 0.235 e. The fourth-order valence-electron chi connectivity index (χ4n) is 1.58. The Kier molecular flexibility index (Phi) is 3.34. The number of nitrogens with one attached hydrogen (secondary N) is 1. The Bertz CT molecular complexity index is 313. The number of methoxy groups -OCH3 is 1. The van der Waals surface area contributed by atoms with Crippen molar-refractivity contribution in [2.24, 2.45) is 0 Å². The van der Waals surface area contributed by atoms with Crippen LogP contribution in [-0.4, -0.2) is 36.3 Å². The van der Waals surface area contributed by atoms with Gasteiger partial charge in [-0.1, -0.05) is 0 Å². The maximum Gasteiger partial charge on any atom is 0.235 e. The van der Waals surface area contributed by atoms with E-state index in [4.69, 9.17) is 9.47 Å². The third-order valence-corrected chi connectivity index (χ3v) is 2.34. The van der Waals surface area contributed by atoms with Gasteiger partial charge in [-0.15, -0.1) is 0 Å². The van der Waals surface area contributed by atoms with Gasteiger partial charge in [-0.2, -0.15) is 4.98 Å². The summed E-state index contributed by atoms with van der Waals surface area (Å²) < 4.78 is 10.7. The molecule has 1 unspecified atom stereocenters. The molecule has 2 rings (SSSR count). The summed E-state index contributed by atoms with van der Waals surface area (Å²) >= 11 is 0. The fourth-order valence-corrected chi connectivity index (χ4v) is 1.58. The van der Waals surface area contributed by atoms with Gasteiger partial charge in [-0.05, 0) is 19.4 Å². The van der Waals surface area contributed by atoms with Crippen LogP contribution in [0.1, 0.15) is 12.8 Å². The van der Waals surface area contributed by atoms with Crippen molar-refractivity contribution in [3.05, 3.63) is 12.4 Å². The molecular formula is C10H15N3O2. The van der Waals surface area contributed by atoms with E-state index in [0.717, 1.165) is 25.9 Å². The van der Waals surface area contributed by atoms with E-state index in [2.05, 4.69) is 15.3 Å². The second-order valence-corrected chi connectivity index (χ2v) is 3.49. The molecule has 2 heterocycles. The molecule has 0 amide bonds. The summed E-state index contributed by atoms with van der Waals surface area (Å²) in [5, 5.41) is 3.28. The minimum Gasteiger partial charge on any atom is -0.480 e. The van der Waals surface area contributed by atoms with Crippen LogP contribution in [0, 0.1) is 0 Å². The summed E-state index contributed by atoms with van der Waals surface area (Å²) in [6.07, 6.45) is 5.57. The minimum absolute atomic E-state index is 0.195. The average Bonchev–Trinajstić information content (AvgIpc) is 2.31. The lowest BCUT2D eigenvalue weighted by atomic mass is 10.1. The quantitative estimate of drug-likeness (QED) is 0.790. The highest BCUT2D eigenvalue weighted by Crippen LogP contribution is 2.14. The third kappa shape index (κ3) is 2.79. The molecule has 1 atom stereocenters. The Morgan fingerprint density at radius 3 is 3.00 bits per heavy atom. The molecule has 0 radical (unpaired) electrons. The largest absolute Gasteiger partial charge is 0.480 e. The van der Waals surface area contributed by atoms with Crippen molar-refractivity contribution in [3.63, 3.8) is 0 Å². The van der Waals surface area contributed by atoms with Crippen molar-refractivity contribution in [1.29, 1.82) is 0 Å². The van der Waals surface area contributed by atoms with Gasteiger partial charge in [0, 0.05) is 6.54 Å². The standard InChI is InChI=1S/C10H15N3O2/c1-14-9-6-12-7-10(13-9)15-8-3-2-4-11-5-8/h6-8,11H,2-5H2,1H3.